The maximum Gasteiger partial charge on any atom is 0.168 e. The minimum Gasteiger partial charge on any atom is -0.493 e. The molecule has 0 unspecified atom stereocenters. The van der Waals surface area contributed by atoms with Gasteiger partial charge in [-0.25, -0.2) is 0 Å². The van der Waals surface area contributed by atoms with Crippen LogP contribution in [0.1, 0.15) is 27.9 Å². The highest BCUT2D eigenvalue weighted by Crippen LogP contribution is 2.27. The van der Waals surface area contributed by atoms with Crippen molar-refractivity contribution >= 4 is 12.0 Å². The zero-order valence-electron chi connectivity index (χ0n) is 13.7. The Morgan fingerprint density at radius 3 is 2.39 bits per heavy atom. The van der Waals surface area contributed by atoms with Gasteiger partial charge in [-0.3, -0.25) is 9.79 Å². The van der Waals surface area contributed by atoms with Crippen molar-refractivity contribution in [3.63, 3.8) is 0 Å². The minimum atomic E-state index is -0.00129. The Morgan fingerprint density at radius 1 is 1.04 bits per heavy atom. The van der Waals surface area contributed by atoms with Crippen molar-refractivity contribution in [2.45, 2.75) is 19.9 Å². The summed E-state index contributed by atoms with van der Waals surface area (Å²) in [6, 6.07) is 13.4. The summed E-state index contributed by atoms with van der Waals surface area (Å²) in [7, 11) is 3.12. The number of hydrogen-bond donors (Lipinski definition) is 0. The van der Waals surface area contributed by atoms with Gasteiger partial charge in [0.25, 0.3) is 0 Å². The quantitative estimate of drug-likeness (QED) is 0.576. The van der Waals surface area contributed by atoms with Crippen LogP contribution in [0.25, 0.3) is 0 Å². The summed E-state index contributed by atoms with van der Waals surface area (Å²) in [4.78, 5) is 16.5. The van der Waals surface area contributed by atoms with Gasteiger partial charge in [-0.05, 0) is 30.7 Å². The molecule has 0 saturated carbocycles. The Morgan fingerprint density at radius 2 is 1.74 bits per heavy atom. The molecule has 0 aliphatic rings. The molecule has 0 bridgehead atoms. The fourth-order valence-corrected chi connectivity index (χ4v) is 2.14. The first-order valence-electron chi connectivity index (χ1n) is 7.43. The minimum absolute atomic E-state index is 0.00129. The van der Waals surface area contributed by atoms with E-state index in [9.17, 15) is 4.79 Å². The summed E-state index contributed by atoms with van der Waals surface area (Å²) in [6.45, 7) is 2.63. The maximum atomic E-state index is 12.2. The summed E-state index contributed by atoms with van der Waals surface area (Å²) in [6.07, 6.45) is 1.93. The van der Waals surface area contributed by atoms with E-state index in [2.05, 4.69) is 24.0 Å². The Hall–Kier alpha value is -2.62. The van der Waals surface area contributed by atoms with Crippen LogP contribution in [0.5, 0.6) is 11.5 Å². The van der Waals surface area contributed by atoms with E-state index in [0.29, 0.717) is 23.6 Å². The van der Waals surface area contributed by atoms with Crippen LogP contribution in [-0.4, -0.2) is 26.2 Å². The standard InChI is InChI=1S/C19H21NO3/c1-14-4-6-15(7-5-14)13-20-11-10-17(21)16-8-9-18(22-2)19(12-16)23-3/h4-9,11-12H,10,13H2,1-3H3. The first kappa shape index (κ1) is 16.7. The molecule has 2 aromatic carbocycles. The highest BCUT2D eigenvalue weighted by atomic mass is 16.5. The lowest BCUT2D eigenvalue weighted by Gasteiger charge is -2.08. The number of aliphatic imine (C=N–C) groups is 1. The first-order chi connectivity index (χ1) is 11.1. The van der Waals surface area contributed by atoms with Crippen LogP contribution < -0.4 is 9.47 Å². The SMILES string of the molecule is COc1ccc(C(=O)CC=NCc2ccc(C)cc2)cc1OC. The van der Waals surface area contributed by atoms with E-state index < -0.39 is 0 Å². The molecule has 0 heterocycles. The molecule has 23 heavy (non-hydrogen) atoms. The predicted octanol–water partition coefficient (Wildman–Crippen LogP) is 3.86. The third-order valence-electron chi connectivity index (χ3n) is 3.51. The van der Waals surface area contributed by atoms with E-state index in [-0.39, 0.29) is 12.2 Å². The van der Waals surface area contributed by atoms with E-state index in [1.165, 1.54) is 5.56 Å². The molecule has 0 aliphatic heterocycles. The summed E-state index contributed by atoms with van der Waals surface area (Å²) >= 11 is 0. The van der Waals surface area contributed by atoms with Crippen LogP contribution in [0, 0.1) is 6.92 Å². The van der Waals surface area contributed by atoms with Crippen LogP contribution in [0.2, 0.25) is 0 Å². The summed E-state index contributed by atoms with van der Waals surface area (Å²) in [5.41, 5.74) is 2.94. The van der Waals surface area contributed by atoms with Crippen LogP contribution in [0.4, 0.5) is 0 Å². The Bertz CT molecular complexity index is 690. The Labute approximate surface area is 136 Å². The van der Waals surface area contributed by atoms with Crippen molar-refractivity contribution < 1.29 is 14.3 Å². The third-order valence-corrected chi connectivity index (χ3v) is 3.51. The fourth-order valence-electron chi connectivity index (χ4n) is 2.14. The lowest BCUT2D eigenvalue weighted by Crippen LogP contribution is -2.01. The van der Waals surface area contributed by atoms with E-state index in [4.69, 9.17) is 9.47 Å². The zero-order chi connectivity index (χ0) is 16.7. The first-order valence-corrected chi connectivity index (χ1v) is 7.43. The van der Waals surface area contributed by atoms with Gasteiger partial charge >= 0.3 is 0 Å². The van der Waals surface area contributed by atoms with Gasteiger partial charge in [0.05, 0.1) is 20.8 Å². The van der Waals surface area contributed by atoms with Gasteiger partial charge in [-0.1, -0.05) is 29.8 Å². The van der Waals surface area contributed by atoms with Crippen molar-refractivity contribution in [3.05, 3.63) is 59.2 Å². The molecule has 0 N–H and O–H groups in total. The highest BCUT2D eigenvalue weighted by molar-refractivity contribution is 6.03. The Balaban J connectivity index is 1.94. The molecule has 0 spiro atoms. The zero-order valence-corrected chi connectivity index (χ0v) is 13.7. The lowest BCUT2D eigenvalue weighted by atomic mass is 10.1. The van der Waals surface area contributed by atoms with Crippen LogP contribution in [0.15, 0.2) is 47.5 Å². The van der Waals surface area contributed by atoms with Crippen LogP contribution >= 0.6 is 0 Å². The van der Waals surface area contributed by atoms with Gasteiger partial charge < -0.3 is 9.47 Å². The molecular formula is C19H21NO3. The second-order valence-corrected chi connectivity index (χ2v) is 5.21. The Kier molecular flexibility index (Phi) is 5.92. The average molecular weight is 311 g/mol. The van der Waals surface area contributed by atoms with Gasteiger partial charge in [0.1, 0.15) is 0 Å². The topological polar surface area (TPSA) is 47.9 Å². The second-order valence-electron chi connectivity index (χ2n) is 5.21. The number of hydrogen-bond acceptors (Lipinski definition) is 4. The van der Waals surface area contributed by atoms with E-state index >= 15 is 0 Å². The van der Waals surface area contributed by atoms with Gasteiger partial charge in [-0.15, -0.1) is 0 Å². The van der Waals surface area contributed by atoms with Crippen molar-refractivity contribution in [1.82, 2.24) is 0 Å². The lowest BCUT2D eigenvalue weighted by molar-refractivity contribution is 0.100. The molecular weight excluding hydrogens is 290 g/mol. The van der Waals surface area contributed by atoms with Gasteiger partial charge in [0.2, 0.25) is 0 Å². The smallest absolute Gasteiger partial charge is 0.168 e. The number of benzene rings is 2. The van der Waals surface area contributed by atoms with E-state index in [0.717, 1.165) is 5.56 Å². The molecule has 0 aliphatic carbocycles. The molecule has 0 amide bonds. The largest absolute Gasteiger partial charge is 0.493 e. The number of carbonyl (C=O) groups excluding carboxylic acids is 1. The van der Waals surface area contributed by atoms with Gasteiger partial charge in [0, 0.05) is 18.2 Å². The van der Waals surface area contributed by atoms with E-state index in [1.807, 2.05) is 12.1 Å². The maximum absolute atomic E-state index is 12.2. The number of aryl methyl sites for hydroxylation is 1. The molecule has 0 fully saturated rings. The number of nitrogens with zero attached hydrogens (tertiary/aromatic N) is 1. The number of carbonyl (C=O) groups is 1. The number of ketones is 1. The number of methoxy groups -OCH3 is 2. The van der Waals surface area contributed by atoms with Crippen LogP contribution in [0.3, 0.4) is 0 Å². The van der Waals surface area contributed by atoms with Gasteiger partial charge in [0.15, 0.2) is 17.3 Å². The number of Topliss-reactive ketones (excluding diaryl/α,β-unsaturated/α-hetero) is 1. The summed E-state index contributed by atoms with van der Waals surface area (Å²) in [5.74, 6) is 1.16. The monoisotopic (exact) mass is 311 g/mol. The molecule has 2 aromatic rings. The molecule has 0 atom stereocenters. The highest BCUT2D eigenvalue weighted by Gasteiger charge is 2.09. The molecule has 0 aromatic heterocycles. The van der Waals surface area contributed by atoms with Crippen molar-refractivity contribution in [2.75, 3.05) is 14.2 Å². The summed E-state index contributed by atoms with van der Waals surface area (Å²) < 4.78 is 10.4. The normalized spacial score (nSPS) is 10.7. The number of ether oxygens (including phenoxy) is 2. The predicted molar refractivity (Wildman–Crippen MR) is 91.9 cm³/mol. The van der Waals surface area contributed by atoms with Crippen LogP contribution in [-0.2, 0) is 6.54 Å². The average Bonchev–Trinajstić information content (AvgIpc) is 2.59. The van der Waals surface area contributed by atoms with Crippen molar-refractivity contribution in [2.24, 2.45) is 4.99 Å². The molecule has 4 heteroatoms. The van der Waals surface area contributed by atoms with Crippen molar-refractivity contribution in [3.8, 4) is 11.5 Å². The molecule has 120 valence electrons. The number of rotatable bonds is 7. The molecule has 0 radical (unpaired) electrons. The molecule has 2 rings (SSSR count). The molecule has 0 saturated heterocycles. The fraction of sp³-hybridized carbons (Fsp3) is 0.263. The van der Waals surface area contributed by atoms with Crippen molar-refractivity contribution in [1.29, 1.82) is 0 Å². The van der Waals surface area contributed by atoms with Gasteiger partial charge in [-0.2, -0.15) is 0 Å². The second kappa shape index (κ2) is 8.13. The summed E-state index contributed by atoms with van der Waals surface area (Å²) in [5, 5.41) is 0. The molecule has 4 nitrogen and oxygen atoms in total. The third kappa shape index (κ3) is 4.68. The van der Waals surface area contributed by atoms with E-state index in [1.54, 1.807) is 38.6 Å².